The maximum absolute atomic E-state index is 12.8. The molecule has 20 heavy (non-hydrogen) atoms. The van der Waals surface area contributed by atoms with Gasteiger partial charge in [-0.25, -0.2) is 9.18 Å². The molecule has 4 nitrogen and oxygen atoms in total. The van der Waals surface area contributed by atoms with Gasteiger partial charge in [0, 0.05) is 6.54 Å². The van der Waals surface area contributed by atoms with Gasteiger partial charge in [-0.1, -0.05) is 19.1 Å². The van der Waals surface area contributed by atoms with Crippen LogP contribution in [0.25, 0.3) is 0 Å². The summed E-state index contributed by atoms with van der Waals surface area (Å²) >= 11 is 0. The smallest absolute Gasteiger partial charge is 0.329 e. The van der Waals surface area contributed by atoms with Crippen molar-refractivity contribution in [1.82, 2.24) is 4.90 Å². The van der Waals surface area contributed by atoms with Crippen LogP contribution in [-0.4, -0.2) is 34.0 Å². The van der Waals surface area contributed by atoms with Gasteiger partial charge < -0.3 is 10.0 Å². The van der Waals surface area contributed by atoms with E-state index >= 15 is 0 Å². The number of carboxylic acid groups (broad SMARTS) is 1. The molecule has 1 aromatic carbocycles. The second-order valence-electron chi connectivity index (χ2n) is 5.14. The Bertz CT molecular complexity index is 514. The Kier molecular flexibility index (Phi) is 4.06. The molecule has 1 aromatic rings. The van der Waals surface area contributed by atoms with Crippen LogP contribution in [0.2, 0.25) is 0 Å². The molecule has 108 valence electrons. The topological polar surface area (TPSA) is 57.6 Å². The van der Waals surface area contributed by atoms with Gasteiger partial charge in [0.25, 0.3) is 0 Å². The van der Waals surface area contributed by atoms with Gasteiger partial charge in [-0.3, -0.25) is 4.79 Å². The van der Waals surface area contributed by atoms with Crippen LogP contribution in [-0.2, 0) is 16.0 Å². The van der Waals surface area contributed by atoms with E-state index in [2.05, 4.69) is 0 Å². The number of likely N-dealkylation sites (tertiary alicyclic amines) is 1. The average molecular weight is 279 g/mol. The van der Waals surface area contributed by atoms with Crippen molar-refractivity contribution in [2.24, 2.45) is 0 Å². The zero-order chi connectivity index (χ0) is 14.8. The lowest BCUT2D eigenvalue weighted by atomic mass is 9.92. The number of nitrogens with zero attached hydrogens (tertiary/aromatic N) is 1. The van der Waals surface area contributed by atoms with Gasteiger partial charge in [0.15, 0.2) is 0 Å². The van der Waals surface area contributed by atoms with Gasteiger partial charge >= 0.3 is 5.97 Å². The number of rotatable bonds is 4. The van der Waals surface area contributed by atoms with Crippen LogP contribution < -0.4 is 0 Å². The Morgan fingerprint density at radius 1 is 1.35 bits per heavy atom. The summed E-state index contributed by atoms with van der Waals surface area (Å²) in [6.45, 7) is 2.26. The quantitative estimate of drug-likeness (QED) is 0.919. The third-order valence-corrected chi connectivity index (χ3v) is 4.04. The minimum atomic E-state index is -1.07. The normalized spacial score (nSPS) is 22.0. The van der Waals surface area contributed by atoms with Crippen molar-refractivity contribution in [1.29, 1.82) is 0 Å². The Morgan fingerprint density at radius 2 is 2.00 bits per heavy atom. The molecule has 1 heterocycles. The molecule has 0 radical (unpaired) electrons. The number of halogens is 1. The summed E-state index contributed by atoms with van der Waals surface area (Å²) < 4.78 is 12.8. The lowest BCUT2D eigenvalue weighted by Crippen LogP contribution is -2.53. The third kappa shape index (κ3) is 2.53. The van der Waals surface area contributed by atoms with Gasteiger partial charge in [0.1, 0.15) is 11.4 Å². The lowest BCUT2D eigenvalue weighted by Gasteiger charge is -2.34. The van der Waals surface area contributed by atoms with Crippen LogP contribution in [0.3, 0.4) is 0 Å². The van der Waals surface area contributed by atoms with E-state index in [0.29, 0.717) is 31.4 Å². The number of aliphatic carboxylic acids is 1. The van der Waals surface area contributed by atoms with E-state index in [0.717, 1.165) is 0 Å². The van der Waals surface area contributed by atoms with Crippen molar-refractivity contribution in [3.05, 3.63) is 35.6 Å². The SMILES string of the molecule is CCC1(C(=O)O)CCCN1C(=O)Cc1ccc(F)cc1. The highest BCUT2D eigenvalue weighted by molar-refractivity contribution is 5.88. The maximum atomic E-state index is 12.8. The zero-order valence-electron chi connectivity index (χ0n) is 11.4. The van der Waals surface area contributed by atoms with Crippen LogP contribution in [0.4, 0.5) is 4.39 Å². The number of carboxylic acids is 1. The van der Waals surface area contributed by atoms with Crippen molar-refractivity contribution in [2.45, 2.75) is 38.1 Å². The lowest BCUT2D eigenvalue weighted by molar-refractivity contribution is -0.156. The summed E-state index contributed by atoms with van der Waals surface area (Å²) in [6, 6.07) is 5.71. The minimum Gasteiger partial charge on any atom is -0.479 e. The molecule has 0 spiro atoms. The number of carbonyl (C=O) groups excluding carboxylic acids is 1. The van der Waals surface area contributed by atoms with E-state index in [4.69, 9.17) is 0 Å². The van der Waals surface area contributed by atoms with Crippen molar-refractivity contribution < 1.29 is 19.1 Å². The Hall–Kier alpha value is -1.91. The Morgan fingerprint density at radius 3 is 2.55 bits per heavy atom. The molecule has 1 saturated heterocycles. The number of hydrogen-bond acceptors (Lipinski definition) is 2. The first-order valence-electron chi connectivity index (χ1n) is 6.78. The zero-order valence-corrected chi connectivity index (χ0v) is 11.4. The van der Waals surface area contributed by atoms with Crippen molar-refractivity contribution in [3.8, 4) is 0 Å². The molecular formula is C15H18FNO3. The summed E-state index contributed by atoms with van der Waals surface area (Å²) in [7, 11) is 0. The summed E-state index contributed by atoms with van der Waals surface area (Å²) in [5.74, 6) is -1.50. The molecule has 2 rings (SSSR count). The van der Waals surface area contributed by atoms with Crippen LogP contribution in [0, 0.1) is 5.82 Å². The van der Waals surface area contributed by atoms with Crippen LogP contribution >= 0.6 is 0 Å². The molecule has 1 aliphatic heterocycles. The molecule has 0 aromatic heterocycles. The average Bonchev–Trinajstić information content (AvgIpc) is 2.86. The number of hydrogen-bond donors (Lipinski definition) is 1. The van der Waals surface area contributed by atoms with E-state index in [-0.39, 0.29) is 18.1 Å². The molecule has 1 fully saturated rings. The number of carbonyl (C=O) groups is 2. The third-order valence-electron chi connectivity index (χ3n) is 4.04. The maximum Gasteiger partial charge on any atom is 0.329 e. The predicted octanol–water partition coefficient (Wildman–Crippen LogP) is 2.22. The monoisotopic (exact) mass is 279 g/mol. The fraction of sp³-hybridized carbons (Fsp3) is 0.467. The minimum absolute atomic E-state index is 0.106. The molecule has 0 saturated carbocycles. The van der Waals surface area contributed by atoms with E-state index in [1.165, 1.54) is 17.0 Å². The second-order valence-corrected chi connectivity index (χ2v) is 5.14. The standard InChI is InChI=1S/C15H18FNO3/c1-2-15(14(19)20)8-3-9-17(15)13(18)10-11-4-6-12(16)7-5-11/h4-7H,2-3,8-10H2,1H3,(H,19,20). The highest BCUT2D eigenvalue weighted by Crippen LogP contribution is 2.33. The number of amides is 1. The van der Waals surface area contributed by atoms with Gasteiger partial charge in [-0.05, 0) is 37.0 Å². The number of benzene rings is 1. The predicted molar refractivity (Wildman–Crippen MR) is 71.7 cm³/mol. The fourth-order valence-electron chi connectivity index (χ4n) is 2.86. The molecular weight excluding hydrogens is 261 g/mol. The Labute approximate surface area is 117 Å². The van der Waals surface area contributed by atoms with Gasteiger partial charge in [-0.2, -0.15) is 0 Å². The van der Waals surface area contributed by atoms with Crippen molar-refractivity contribution >= 4 is 11.9 Å². The summed E-state index contributed by atoms with van der Waals surface area (Å²) in [4.78, 5) is 25.3. The molecule has 1 amide bonds. The van der Waals surface area contributed by atoms with Gasteiger partial charge in [0.05, 0.1) is 6.42 Å². The van der Waals surface area contributed by atoms with E-state index in [9.17, 15) is 19.1 Å². The fourth-order valence-corrected chi connectivity index (χ4v) is 2.86. The summed E-state index contributed by atoms with van der Waals surface area (Å²) in [6.07, 6.45) is 1.70. The summed E-state index contributed by atoms with van der Waals surface area (Å²) in [5, 5.41) is 9.44. The Balaban J connectivity index is 2.15. The molecule has 1 unspecified atom stereocenters. The molecule has 0 bridgehead atoms. The van der Waals surface area contributed by atoms with E-state index in [1.807, 2.05) is 0 Å². The first kappa shape index (κ1) is 14.5. The highest BCUT2D eigenvalue weighted by Gasteiger charge is 2.48. The summed E-state index contributed by atoms with van der Waals surface area (Å²) in [5.41, 5.74) is -0.379. The van der Waals surface area contributed by atoms with Crippen LogP contribution in [0.5, 0.6) is 0 Å². The van der Waals surface area contributed by atoms with Crippen LogP contribution in [0.1, 0.15) is 31.7 Å². The van der Waals surface area contributed by atoms with Crippen LogP contribution in [0.15, 0.2) is 24.3 Å². The highest BCUT2D eigenvalue weighted by atomic mass is 19.1. The second kappa shape index (κ2) is 5.61. The van der Waals surface area contributed by atoms with Gasteiger partial charge in [0.2, 0.25) is 5.91 Å². The molecule has 5 heteroatoms. The molecule has 0 aliphatic carbocycles. The molecule has 1 atom stereocenters. The molecule has 1 N–H and O–H groups in total. The van der Waals surface area contributed by atoms with E-state index < -0.39 is 11.5 Å². The van der Waals surface area contributed by atoms with E-state index in [1.54, 1.807) is 19.1 Å². The largest absolute Gasteiger partial charge is 0.479 e. The molecule has 1 aliphatic rings. The van der Waals surface area contributed by atoms with Gasteiger partial charge in [-0.15, -0.1) is 0 Å². The van der Waals surface area contributed by atoms with Crippen molar-refractivity contribution in [2.75, 3.05) is 6.54 Å². The first-order chi connectivity index (χ1) is 9.49. The van der Waals surface area contributed by atoms with Crippen molar-refractivity contribution in [3.63, 3.8) is 0 Å². The first-order valence-corrected chi connectivity index (χ1v) is 6.78.